The van der Waals surface area contributed by atoms with Crippen molar-refractivity contribution in [1.82, 2.24) is 5.32 Å². The Balaban J connectivity index is 1.98. The number of amides is 1. The molecule has 0 aliphatic carbocycles. The summed E-state index contributed by atoms with van der Waals surface area (Å²) in [7, 11) is 0. The van der Waals surface area contributed by atoms with Gasteiger partial charge in [0.2, 0.25) is 0 Å². The zero-order chi connectivity index (χ0) is 15.2. The zero-order valence-electron chi connectivity index (χ0n) is 12.1. The summed E-state index contributed by atoms with van der Waals surface area (Å²) in [5.41, 5.74) is 1.53. The molecule has 2 rings (SSSR count). The highest BCUT2D eigenvalue weighted by Crippen LogP contribution is 2.20. The monoisotopic (exact) mass is 309 g/mol. The molecular formula is C15H19NO4S. The molecular weight excluding hydrogens is 290 g/mol. The third-order valence-corrected chi connectivity index (χ3v) is 3.76. The summed E-state index contributed by atoms with van der Waals surface area (Å²) in [5, 5.41) is 15.7. The maximum absolute atomic E-state index is 12.2. The fourth-order valence-corrected chi connectivity index (χ4v) is 2.76. The molecule has 21 heavy (non-hydrogen) atoms. The lowest BCUT2D eigenvalue weighted by Crippen LogP contribution is -2.30. The Morgan fingerprint density at radius 1 is 1.52 bits per heavy atom. The summed E-state index contributed by atoms with van der Waals surface area (Å²) >= 11 is 1.57. The van der Waals surface area contributed by atoms with Crippen LogP contribution >= 0.6 is 11.3 Å². The molecule has 0 saturated carbocycles. The minimum absolute atomic E-state index is 0.0470. The van der Waals surface area contributed by atoms with E-state index in [1.54, 1.807) is 24.3 Å². The Kier molecular flexibility index (Phi) is 5.55. The lowest BCUT2D eigenvalue weighted by atomic mass is 10.2. The molecule has 2 aromatic rings. The van der Waals surface area contributed by atoms with Crippen molar-refractivity contribution in [2.24, 2.45) is 0 Å². The third-order valence-electron chi connectivity index (χ3n) is 3.06. The highest BCUT2D eigenvalue weighted by molar-refractivity contribution is 7.07. The van der Waals surface area contributed by atoms with Crippen molar-refractivity contribution in [2.45, 2.75) is 20.0 Å². The Morgan fingerprint density at radius 2 is 2.33 bits per heavy atom. The van der Waals surface area contributed by atoms with Crippen LogP contribution in [-0.4, -0.2) is 30.8 Å². The lowest BCUT2D eigenvalue weighted by molar-refractivity contribution is 0.0279. The predicted molar refractivity (Wildman–Crippen MR) is 80.6 cm³/mol. The second-order valence-electron chi connectivity index (χ2n) is 4.68. The first-order chi connectivity index (χ1) is 10.1. The van der Waals surface area contributed by atoms with E-state index in [0.717, 1.165) is 5.56 Å². The number of hydrogen-bond acceptors (Lipinski definition) is 5. The summed E-state index contributed by atoms with van der Waals surface area (Å²) in [5.74, 6) is 1.13. The normalized spacial score (nSPS) is 12.3. The van der Waals surface area contributed by atoms with Crippen LogP contribution in [0.5, 0.6) is 0 Å². The minimum atomic E-state index is -0.263. The SMILES string of the molecule is Cc1cc(C(=O)NC[C@@H](OCCO)c2ccsc2)c(C)o1. The van der Waals surface area contributed by atoms with E-state index >= 15 is 0 Å². The number of aryl methyl sites for hydroxylation is 2. The molecule has 2 N–H and O–H groups in total. The van der Waals surface area contributed by atoms with E-state index in [4.69, 9.17) is 14.3 Å². The first kappa shape index (κ1) is 15.8. The van der Waals surface area contributed by atoms with Crippen LogP contribution in [0.15, 0.2) is 27.3 Å². The molecule has 0 aliphatic rings. The van der Waals surface area contributed by atoms with E-state index in [1.807, 2.05) is 23.8 Å². The van der Waals surface area contributed by atoms with E-state index in [2.05, 4.69) is 5.32 Å². The summed E-state index contributed by atoms with van der Waals surface area (Å²) in [6.45, 7) is 4.11. The molecule has 5 nitrogen and oxygen atoms in total. The Bertz CT molecular complexity index is 577. The lowest BCUT2D eigenvalue weighted by Gasteiger charge is -2.17. The van der Waals surface area contributed by atoms with Crippen molar-refractivity contribution in [3.05, 3.63) is 45.5 Å². The molecule has 1 atom stereocenters. The van der Waals surface area contributed by atoms with Gasteiger partial charge in [0.25, 0.3) is 5.91 Å². The number of furan rings is 1. The van der Waals surface area contributed by atoms with Gasteiger partial charge in [0.15, 0.2) is 0 Å². The third kappa shape index (κ3) is 4.17. The van der Waals surface area contributed by atoms with Gasteiger partial charge in [-0.1, -0.05) is 0 Å². The fourth-order valence-electron chi connectivity index (χ4n) is 2.06. The van der Waals surface area contributed by atoms with Gasteiger partial charge in [-0.2, -0.15) is 11.3 Å². The topological polar surface area (TPSA) is 71.7 Å². The highest BCUT2D eigenvalue weighted by Gasteiger charge is 2.17. The fraction of sp³-hybridized carbons (Fsp3) is 0.400. The average molecular weight is 309 g/mol. The van der Waals surface area contributed by atoms with E-state index in [1.165, 1.54) is 0 Å². The van der Waals surface area contributed by atoms with Crippen molar-refractivity contribution in [3.8, 4) is 0 Å². The summed E-state index contributed by atoms with van der Waals surface area (Å²) in [6, 6.07) is 3.67. The van der Waals surface area contributed by atoms with Gasteiger partial charge < -0.3 is 19.6 Å². The molecule has 114 valence electrons. The van der Waals surface area contributed by atoms with Crippen LogP contribution in [-0.2, 0) is 4.74 Å². The molecule has 0 spiro atoms. The number of nitrogens with one attached hydrogen (secondary N) is 1. The van der Waals surface area contributed by atoms with Crippen molar-refractivity contribution in [1.29, 1.82) is 0 Å². The molecule has 6 heteroatoms. The van der Waals surface area contributed by atoms with Crippen LogP contribution in [0.1, 0.15) is 33.5 Å². The second kappa shape index (κ2) is 7.40. The molecule has 0 bridgehead atoms. The van der Waals surface area contributed by atoms with Crippen molar-refractivity contribution >= 4 is 17.2 Å². The number of rotatable bonds is 7. The molecule has 0 saturated heterocycles. The zero-order valence-corrected chi connectivity index (χ0v) is 12.9. The summed E-state index contributed by atoms with van der Waals surface area (Å²) < 4.78 is 10.9. The van der Waals surface area contributed by atoms with Crippen LogP contribution in [0.4, 0.5) is 0 Å². The van der Waals surface area contributed by atoms with Crippen molar-refractivity contribution < 1.29 is 19.1 Å². The maximum Gasteiger partial charge on any atom is 0.254 e. The molecule has 0 aromatic carbocycles. The summed E-state index contributed by atoms with van der Waals surface area (Å²) in [6.07, 6.45) is -0.263. The van der Waals surface area contributed by atoms with Crippen LogP contribution in [0, 0.1) is 13.8 Å². The standard InChI is InChI=1S/C15H19NO4S/c1-10-7-13(11(2)20-10)15(18)16-8-14(19-5-4-17)12-3-6-21-9-12/h3,6-7,9,14,17H,4-5,8H2,1-2H3,(H,16,18)/t14-/m1/s1. The summed E-state index contributed by atoms with van der Waals surface area (Å²) in [4.78, 5) is 12.2. The van der Waals surface area contributed by atoms with Crippen molar-refractivity contribution in [2.75, 3.05) is 19.8 Å². The largest absolute Gasteiger partial charge is 0.466 e. The van der Waals surface area contributed by atoms with Gasteiger partial charge in [-0.05, 0) is 42.3 Å². The van der Waals surface area contributed by atoms with E-state index in [-0.39, 0.29) is 25.2 Å². The Labute approximate surface area is 127 Å². The number of carbonyl (C=O) groups is 1. The molecule has 0 radical (unpaired) electrons. The number of aliphatic hydroxyl groups is 1. The van der Waals surface area contributed by atoms with Gasteiger partial charge >= 0.3 is 0 Å². The number of ether oxygens (including phenoxy) is 1. The first-order valence-electron chi connectivity index (χ1n) is 6.71. The van der Waals surface area contributed by atoms with E-state index < -0.39 is 0 Å². The quantitative estimate of drug-likeness (QED) is 0.824. The van der Waals surface area contributed by atoms with Gasteiger partial charge in [-0.25, -0.2) is 0 Å². The maximum atomic E-state index is 12.2. The van der Waals surface area contributed by atoms with Crippen molar-refractivity contribution in [3.63, 3.8) is 0 Å². The number of carbonyl (C=O) groups excluding carboxylic acids is 1. The number of aliphatic hydroxyl groups excluding tert-OH is 1. The highest BCUT2D eigenvalue weighted by atomic mass is 32.1. The van der Waals surface area contributed by atoms with Gasteiger partial charge in [-0.3, -0.25) is 4.79 Å². The average Bonchev–Trinajstić information content (AvgIpc) is 3.08. The predicted octanol–water partition coefficient (Wildman–Crippen LogP) is 2.44. The first-order valence-corrected chi connectivity index (χ1v) is 7.66. The molecule has 2 aromatic heterocycles. The molecule has 0 fully saturated rings. The second-order valence-corrected chi connectivity index (χ2v) is 5.46. The molecule has 0 unspecified atom stereocenters. The minimum Gasteiger partial charge on any atom is -0.466 e. The Hall–Kier alpha value is -1.63. The van der Waals surface area contributed by atoms with Gasteiger partial charge in [-0.15, -0.1) is 0 Å². The van der Waals surface area contributed by atoms with Crippen LogP contribution < -0.4 is 5.32 Å². The Morgan fingerprint density at radius 3 is 2.90 bits per heavy atom. The van der Waals surface area contributed by atoms with Gasteiger partial charge in [0.1, 0.15) is 17.6 Å². The van der Waals surface area contributed by atoms with Crippen LogP contribution in [0.3, 0.4) is 0 Å². The molecule has 1 amide bonds. The van der Waals surface area contributed by atoms with Gasteiger partial charge in [0.05, 0.1) is 18.8 Å². The van der Waals surface area contributed by atoms with Crippen LogP contribution in [0.2, 0.25) is 0 Å². The van der Waals surface area contributed by atoms with E-state index in [9.17, 15) is 4.79 Å². The smallest absolute Gasteiger partial charge is 0.254 e. The van der Waals surface area contributed by atoms with E-state index in [0.29, 0.717) is 23.6 Å². The molecule has 2 heterocycles. The van der Waals surface area contributed by atoms with Crippen LogP contribution in [0.25, 0.3) is 0 Å². The number of thiophene rings is 1. The van der Waals surface area contributed by atoms with Gasteiger partial charge in [0, 0.05) is 6.54 Å². The molecule has 0 aliphatic heterocycles. The number of hydrogen-bond donors (Lipinski definition) is 2.